The van der Waals surface area contributed by atoms with Gasteiger partial charge in [-0.1, -0.05) is 38.2 Å². The molecule has 0 aromatic heterocycles. The van der Waals surface area contributed by atoms with E-state index in [1.54, 1.807) is 0 Å². The summed E-state index contributed by atoms with van der Waals surface area (Å²) in [6.07, 6.45) is 17.4. The van der Waals surface area contributed by atoms with Gasteiger partial charge in [0.2, 0.25) is 0 Å². The summed E-state index contributed by atoms with van der Waals surface area (Å²) < 4.78 is 44.7. The molecule has 0 atom stereocenters. The molecule has 1 rings (SSSR count). The van der Waals surface area contributed by atoms with E-state index in [2.05, 4.69) is 38.2 Å². The predicted molar refractivity (Wildman–Crippen MR) is 131 cm³/mol. The number of benzene rings is 1. The molecule has 9 heteroatoms. The summed E-state index contributed by atoms with van der Waals surface area (Å²) in [6, 6.07) is 3.01. The Hall–Kier alpha value is -0.814. The Labute approximate surface area is 252 Å². The maximum atomic E-state index is 12.6. The van der Waals surface area contributed by atoms with Gasteiger partial charge in [0.05, 0.1) is 29.2 Å². The predicted octanol–water partition coefficient (Wildman–Crippen LogP) is 2.96. The van der Waals surface area contributed by atoms with Crippen LogP contribution >= 0.6 is 0 Å². The van der Waals surface area contributed by atoms with E-state index in [1.165, 1.54) is 0 Å². The summed E-state index contributed by atoms with van der Waals surface area (Å²) in [4.78, 5) is 24.5. The van der Waals surface area contributed by atoms with Gasteiger partial charge in [-0.2, -0.15) is 0 Å². The van der Waals surface area contributed by atoms with Crippen LogP contribution in [0.1, 0.15) is 98.8 Å². The standard InChI is InChI=1S/C26H38O7S.K/c1-3-5-7-9-11-13-15-19-32-25(27)23-18-17-22(34(29,30)31)21-24(23)26(28)33-20-16-14-12-10-8-6-4-2;/h5-8,17-18,21H,3-4,9-16,19-20H2,1-2H3,(H,29,30,31);/q;+1/p-1/b7-5+,8-6+;. The summed E-state index contributed by atoms with van der Waals surface area (Å²) in [6.45, 7) is 4.46. The van der Waals surface area contributed by atoms with Crippen LogP contribution in [0.2, 0.25) is 0 Å². The smallest absolute Gasteiger partial charge is 0.744 e. The van der Waals surface area contributed by atoms with E-state index < -0.39 is 27.0 Å². The topological polar surface area (TPSA) is 110 Å². The van der Waals surface area contributed by atoms with Crippen LogP contribution in [-0.2, 0) is 19.6 Å². The quantitative estimate of drug-likeness (QED) is 0.0997. The van der Waals surface area contributed by atoms with E-state index in [1.807, 2.05) is 0 Å². The van der Waals surface area contributed by atoms with Gasteiger partial charge >= 0.3 is 63.3 Å². The van der Waals surface area contributed by atoms with Gasteiger partial charge in [0.1, 0.15) is 10.1 Å². The summed E-state index contributed by atoms with van der Waals surface area (Å²) in [5, 5.41) is 0. The molecule has 0 fully saturated rings. The third-order valence-electron chi connectivity index (χ3n) is 5.02. The van der Waals surface area contributed by atoms with Gasteiger partial charge in [0.25, 0.3) is 0 Å². The van der Waals surface area contributed by atoms with Crippen molar-refractivity contribution in [3.05, 3.63) is 53.6 Å². The fraction of sp³-hybridized carbons (Fsp3) is 0.538. The fourth-order valence-electron chi connectivity index (χ4n) is 3.16. The van der Waals surface area contributed by atoms with Crippen molar-refractivity contribution in [1.82, 2.24) is 0 Å². The van der Waals surface area contributed by atoms with E-state index in [4.69, 9.17) is 9.47 Å². The average molecular weight is 533 g/mol. The molecule has 0 aliphatic carbocycles. The van der Waals surface area contributed by atoms with Gasteiger partial charge in [-0.3, -0.25) is 0 Å². The molecule has 0 saturated carbocycles. The first-order valence-electron chi connectivity index (χ1n) is 12.0. The van der Waals surface area contributed by atoms with E-state index in [0.29, 0.717) is 12.8 Å². The number of rotatable bonds is 17. The molecule has 0 saturated heterocycles. The minimum atomic E-state index is -4.80. The Morgan fingerprint density at radius 1 is 0.771 bits per heavy atom. The van der Waals surface area contributed by atoms with Crippen LogP contribution in [0.3, 0.4) is 0 Å². The zero-order valence-electron chi connectivity index (χ0n) is 21.3. The molecule has 0 amide bonds. The third kappa shape index (κ3) is 15.1. The summed E-state index contributed by atoms with van der Waals surface area (Å²) in [7, 11) is -4.80. The Bertz CT molecular complexity index is 924. The first-order chi connectivity index (χ1) is 16.3. The van der Waals surface area contributed by atoms with Crippen LogP contribution in [0.5, 0.6) is 0 Å². The minimum absolute atomic E-state index is 0. The van der Waals surface area contributed by atoms with E-state index >= 15 is 0 Å². The van der Waals surface area contributed by atoms with E-state index in [-0.39, 0.29) is 75.7 Å². The Morgan fingerprint density at radius 3 is 1.71 bits per heavy atom. The Balaban J connectivity index is 0.0000116. The monoisotopic (exact) mass is 532 g/mol. The molecule has 0 bridgehead atoms. The number of ether oxygens (including phenoxy) is 2. The molecule has 0 aliphatic rings. The van der Waals surface area contributed by atoms with E-state index in [9.17, 15) is 22.6 Å². The van der Waals surface area contributed by atoms with Gasteiger partial charge in [-0.15, -0.1) is 0 Å². The molecule has 1 aromatic carbocycles. The van der Waals surface area contributed by atoms with Crippen molar-refractivity contribution in [2.45, 2.75) is 83.0 Å². The largest absolute Gasteiger partial charge is 1.00 e. The van der Waals surface area contributed by atoms with E-state index in [0.717, 1.165) is 69.6 Å². The third-order valence-corrected chi connectivity index (χ3v) is 5.85. The molecule has 35 heavy (non-hydrogen) atoms. The molecule has 0 radical (unpaired) electrons. The van der Waals surface area contributed by atoms with Gasteiger partial charge in [-0.05, 0) is 82.4 Å². The first-order valence-corrected chi connectivity index (χ1v) is 13.5. The normalized spacial score (nSPS) is 11.5. The second-order valence-corrected chi connectivity index (χ2v) is 9.27. The molecular formula is C26H37KO7S. The van der Waals surface area contributed by atoms with Gasteiger partial charge < -0.3 is 14.0 Å². The number of allylic oxidation sites excluding steroid dienone is 4. The minimum Gasteiger partial charge on any atom is -0.744 e. The molecular weight excluding hydrogens is 495 g/mol. The van der Waals surface area contributed by atoms with Crippen LogP contribution in [0.4, 0.5) is 0 Å². The zero-order chi connectivity index (χ0) is 25.2. The van der Waals surface area contributed by atoms with Crippen LogP contribution in [0, 0.1) is 0 Å². The van der Waals surface area contributed by atoms with Crippen molar-refractivity contribution in [2.75, 3.05) is 13.2 Å². The summed E-state index contributed by atoms with van der Waals surface area (Å²) in [5.41, 5.74) is -0.398. The maximum Gasteiger partial charge on any atom is 1.00 e. The van der Waals surface area contributed by atoms with Gasteiger partial charge in [-0.25, -0.2) is 18.0 Å². The second kappa shape index (κ2) is 20.3. The number of hydrogen-bond donors (Lipinski definition) is 0. The molecule has 0 unspecified atom stereocenters. The number of carbonyl (C=O) groups excluding carboxylic acids is 2. The average Bonchev–Trinajstić information content (AvgIpc) is 2.81. The zero-order valence-corrected chi connectivity index (χ0v) is 25.2. The molecule has 1 aromatic rings. The number of hydrogen-bond acceptors (Lipinski definition) is 7. The summed E-state index contributed by atoms with van der Waals surface area (Å²) >= 11 is 0. The fourth-order valence-corrected chi connectivity index (χ4v) is 3.66. The van der Waals surface area contributed by atoms with Crippen LogP contribution in [-0.4, -0.2) is 38.1 Å². The van der Waals surface area contributed by atoms with Gasteiger partial charge in [0, 0.05) is 0 Å². The van der Waals surface area contributed by atoms with Crippen molar-refractivity contribution in [1.29, 1.82) is 0 Å². The van der Waals surface area contributed by atoms with Gasteiger partial charge in [0.15, 0.2) is 0 Å². The Morgan fingerprint density at radius 2 is 1.26 bits per heavy atom. The molecule has 0 aliphatic heterocycles. The molecule has 0 N–H and O–H groups in total. The van der Waals surface area contributed by atoms with Crippen molar-refractivity contribution in [2.24, 2.45) is 0 Å². The number of carbonyl (C=O) groups is 2. The molecule has 0 spiro atoms. The number of esters is 2. The molecule has 7 nitrogen and oxygen atoms in total. The molecule has 0 heterocycles. The number of unbranched alkanes of at least 4 members (excludes halogenated alkanes) is 6. The Kier molecular flexibility index (Phi) is 19.8. The molecule has 190 valence electrons. The SMILES string of the molecule is CC/C=C/CCCCCOC(=O)c1ccc(S(=O)(=O)[O-])cc1C(=O)OCCCCC/C=C/CC.[K+]. The second-order valence-electron chi connectivity index (χ2n) is 7.89. The summed E-state index contributed by atoms with van der Waals surface area (Å²) in [5.74, 6) is -1.61. The van der Waals surface area contributed by atoms with Crippen LogP contribution in [0.15, 0.2) is 47.4 Å². The van der Waals surface area contributed by atoms with Crippen molar-refractivity contribution in [3.8, 4) is 0 Å². The van der Waals surface area contributed by atoms with Crippen molar-refractivity contribution < 1.29 is 83.4 Å². The van der Waals surface area contributed by atoms with Crippen molar-refractivity contribution in [3.63, 3.8) is 0 Å². The van der Waals surface area contributed by atoms with Crippen LogP contribution < -0.4 is 51.4 Å². The van der Waals surface area contributed by atoms with Crippen LogP contribution in [0.25, 0.3) is 0 Å². The maximum absolute atomic E-state index is 12.6. The van der Waals surface area contributed by atoms with Crippen molar-refractivity contribution >= 4 is 22.1 Å². The first kappa shape index (κ1) is 34.2.